The molecular weight excluding hydrogens is 320 g/mol. The third-order valence-corrected chi connectivity index (χ3v) is 4.87. The zero-order chi connectivity index (χ0) is 18.7. The lowest BCUT2D eigenvalue weighted by molar-refractivity contribution is -0.146. The van der Waals surface area contributed by atoms with Gasteiger partial charge in [-0.3, -0.25) is 19.3 Å². The van der Waals surface area contributed by atoms with Gasteiger partial charge in [-0.2, -0.15) is 0 Å². The molecule has 1 amide bonds. The Morgan fingerprint density at radius 2 is 1.96 bits per heavy atom. The molecule has 1 aliphatic rings. The van der Waals surface area contributed by atoms with E-state index < -0.39 is 12.0 Å². The maximum Gasteiger partial charge on any atom is 0.307 e. The Morgan fingerprint density at radius 1 is 1.28 bits per heavy atom. The molecule has 1 aromatic rings. The lowest BCUT2D eigenvalue weighted by atomic mass is 9.91. The normalized spacial score (nSPS) is 18.0. The first kappa shape index (κ1) is 19.1. The summed E-state index contributed by atoms with van der Waals surface area (Å²) in [6, 6.07) is 1.46. The molecule has 1 atom stereocenters. The first-order valence-corrected chi connectivity index (χ1v) is 8.45. The molecule has 1 aliphatic heterocycles. The predicted octanol–water partition coefficient (Wildman–Crippen LogP) is 1.68. The average molecular weight is 346 g/mol. The number of aryl methyl sites for hydroxylation is 2. The number of Topliss-reactive ketones (excluding diaryl/α,β-unsaturated/α-hetero) is 1. The summed E-state index contributed by atoms with van der Waals surface area (Å²) >= 11 is 0. The number of ether oxygens (including phenoxy) is 1. The van der Waals surface area contributed by atoms with Crippen LogP contribution in [0, 0.1) is 20.8 Å². The number of benzene rings is 1. The minimum Gasteiger partial charge on any atom is -0.469 e. The van der Waals surface area contributed by atoms with Crippen LogP contribution in [0.4, 0.5) is 0 Å². The summed E-state index contributed by atoms with van der Waals surface area (Å²) in [6.07, 6.45) is 0.0197. The van der Waals surface area contributed by atoms with Crippen LogP contribution in [0.15, 0.2) is 6.07 Å². The third-order valence-electron chi connectivity index (χ3n) is 4.87. The molecule has 0 spiro atoms. The second kappa shape index (κ2) is 7.78. The number of nitrogens with one attached hydrogen (secondary N) is 1. The van der Waals surface area contributed by atoms with Crippen molar-refractivity contribution in [2.75, 3.05) is 20.2 Å². The molecule has 0 bridgehead atoms. The van der Waals surface area contributed by atoms with Gasteiger partial charge in [-0.15, -0.1) is 0 Å². The Morgan fingerprint density at radius 3 is 2.56 bits per heavy atom. The van der Waals surface area contributed by atoms with E-state index in [1.165, 1.54) is 7.11 Å². The molecule has 2 rings (SSSR count). The Bertz CT molecular complexity index is 712. The van der Waals surface area contributed by atoms with Crippen LogP contribution in [-0.4, -0.2) is 48.8 Å². The van der Waals surface area contributed by atoms with Crippen molar-refractivity contribution in [1.82, 2.24) is 10.2 Å². The average Bonchev–Trinajstić information content (AvgIpc) is 2.53. The number of ketones is 1. The number of methoxy groups -OCH3 is 1. The number of carbonyl (C=O) groups is 3. The fourth-order valence-electron chi connectivity index (χ4n) is 3.63. The van der Waals surface area contributed by atoms with Gasteiger partial charge in [0, 0.05) is 25.2 Å². The summed E-state index contributed by atoms with van der Waals surface area (Å²) in [6.45, 7) is 9.19. The first-order valence-electron chi connectivity index (χ1n) is 8.45. The third kappa shape index (κ3) is 4.07. The highest BCUT2D eigenvalue weighted by Gasteiger charge is 2.32. The Balaban J connectivity index is 2.36. The molecule has 0 aliphatic carbocycles. The van der Waals surface area contributed by atoms with Crippen molar-refractivity contribution in [2.45, 2.75) is 46.7 Å². The second-order valence-corrected chi connectivity index (χ2v) is 6.60. The smallest absolute Gasteiger partial charge is 0.307 e. The summed E-state index contributed by atoms with van der Waals surface area (Å²) in [4.78, 5) is 37.9. The number of hydrogen-bond donors (Lipinski definition) is 1. The van der Waals surface area contributed by atoms with E-state index in [0.29, 0.717) is 19.6 Å². The summed E-state index contributed by atoms with van der Waals surface area (Å²) in [5, 5.41) is 2.80. The molecule has 1 fully saturated rings. The van der Waals surface area contributed by atoms with E-state index in [0.717, 1.165) is 27.8 Å². The van der Waals surface area contributed by atoms with Crippen molar-refractivity contribution in [3.63, 3.8) is 0 Å². The van der Waals surface area contributed by atoms with Gasteiger partial charge >= 0.3 is 5.97 Å². The van der Waals surface area contributed by atoms with Crippen molar-refractivity contribution < 1.29 is 19.1 Å². The lowest BCUT2D eigenvalue weighted by Crippen LogP contribution is -2.55. The van der Waals surface area contributed by atoms with Gasteiger partial charge < -0.3 is 10.1 Å². The molecule has 1 aromatic carbocycles. The molecule has 1 N–H and O–H groups in total. The minimum atomic E-state index is -0.554. The van der Waals surface area contributed by atoms with Crippen LogP contribution in [0.3, 0.4) is 0 Å². The van der Waals surface area contributed by atoms with Crippen LogP contribution < -0.4 is 5.32 Å². The van der Waals surface area contributed by atoms with Gasteiger partial charge in [-0.25, -0.2) is 0 Å². The largest absolute Gasteiger partial charge is 0.469 e. The Hall–Kier alpha value is -2.21. The number of rotatable bonds is 5. The van der Waals surface area contributed by atoms with Gasteiger partial charge in [-0.05, 0) is 49.9 Å². The molecule has 1 heterocycles. The molecule has 25 heavy (non-hydrogen) atoms. The monoisotopic (exact) mass is 346 g/mol. The summed E-state index contributed by atoms with van der Waals surface area (Å²) < 4.78 is 4.72. The number of hydrogen-bond acceptors (Lipinski definition) is 5. The van der Waals surface area contributed by atoms with Crippen LogP contribution in [-0.2, 0) is 20.9 Å². The van der Waals surface area contributed by atoms with E-state index in [4.69, 9.17) is 4.74 Å². The van der Waals surface area contributed by atoms with Gasteiger partial charge in [0.05, 0.1) is 13.5 Å². The molecule has 0 saturated carbocycles. The van der Waals surface area contributed by atoms with E-state index in [9.17, 15) is 14.4 Å². The summed E-state index contributed by atoms with van der Waals surface area (Å²) in [7, 11) is 1.32. The van der Waals surface area contributed by atoms with Crippen LogP contribution in [0.5, 0.6) is 0 Å². The van der Waals surface area contributed by atoms with Crippen molar-refractivity contribution in [1.29, 1.82) is 0 Å². The topological polar surface area (TPSA) is 75.7 Å². The highest BCUT2D eigenvalue weighted by Crippen LogP contribution is 2.25. The number of carbonyl (C=O) groups excluding carboxylic acids is 3. The number of esters is 1. The van der Waals surface area contributed by atoms with Gasteiger partial charge in [0.1, 0.15) is 6.04 Å². The van der Waals surface area contributed by atoms with Crippen molar-refractivity contribution in [2.24, 2.45) is 0 Å². The van der Waals surface area contributed by atoms with E-state index in [1.807, 2.05) is 31.7 Å². The summed E-state index contributed by atoms with van der Waals surface area (Å²) in [5.74, 6) is -0.529. The van der Waals surface area contributed by atoms with Crippen LogP contribution in [0.1, 0.15) is 46.0 Å². The fraction of sp³-hybridized carbons (Fsp3) is 0.526. The summed E-state index contributed by atoms with van der Waals surface area (Å²) in [5.41, 5.74) is 4.79. The molecular formula is C19H26N2O4. The van der Waals surface area contributed by atoms with E-state index in [1.54, 1.807) is 6.92 Å². The standard InChI is InChI=1S/C19H26N2O4/c1-11-8-12(2)18(14(4)22)13(3)15(11)10-21-7-6-20-19(24)16(21)9-17(23)25-5/h8,16H,6-7,9-10H2,1-5H3,(H,20,24). The second-order valence-electron chi connectivity index (χ2n) is 6.60. The molecule has 6 heteroatoms. The van der Waals surface area contributed by atoms with E-state index in [2.05, 4.69) is 5.32 Å². The maximum atomic E-state index is 12.2. The Labute approximate surface area is 148 Å². The Kier molecular flexibility index (Phi) is 5.95. The van der Waals surface area contributed by atoms with E-state index in [-0.39, 0.29) is 18.1 Å². The van der Waals surface area contributed by atoms with Crippen LogP contribution in [0.2, 0.25) is 0 Å². The minimum absolute atomic E-state index is 0.0197. The predicted molar refractivity (Wildman–Crippen MR) is 94.5 cm³/mol. The van der Waals surface area contributed by atoms with Crippen molar-refractivity contribution in [3.05, 3.63) is 33.9 Å². The van der Waals surface area contributed by atoms with Gasteiger partial charge in [-0.1, -0.05) is 6.07 Å². The zero-order valence-corrected chi connectivity index (χ0v) is 15.6. The molecule has 0 radical (unpaired) electrons. The number of nitrogens with zero attached hydrogens (tertiary/aromatic N) is 1. The molecule has 6 nitrogen and oxygen atoms in total. The van der Waals surface area contributed by atoms with Crippen molar-refractivity contribution in [3.8, 4) is 0 Å². The molecule has 136 valence electrons. The first-order chi connectivity index (χ1) is 11.8. The maximum absolute atomic E-state index is 12.2. The SMILES string of the molecule is COC(=O)CC1C(=O)NCCN1Cc1c(C)cc(C)c(C(C)=O)c1C. The highest BCUT2D eigenvalue weighted by atomic mass is 16.5. The van der Waals surface area contributed by atoms with Crippen LogP contribution in [0.25, 0.3) is 0 Å². The lowest BCUT2D eigenvalue weighted by Gasteiger charge is -2.35. The van der Waals surface area contributed by atoms with Gasteiger partial charge in [0.15, 0.2) is 5.78 Å². The molecule has 1 unspecified atom stereocenters. The molecule has 1 saturated heterocycles. The quantitative estimate of drug-likeness (QED) is 0.648. The zero-order valence-electron chi connectivity index (χ0n) is 15.6. The number of amides is 1. The van der Waals surface area contributed by atoms with Gasteiger partial charge in [0.25, 0.3) is 0 Å². The van der Waals surface area contributed by atoms with Crippen LogP contribution >= 0.6 is 0 Å². The van der Waals surface area contributed by atoms with Crippen molar-refractivity contribution >= 4 is 17.7 Å². The van der Waals surface area contributed by atoms with Gasteiger partial charge in [0.2, 0.25) is 5.91 Å². The number of piperazine rings is 1. The molecule has 0 aromatic heterocycles. The highest BCUT2D eigenvalue weighted by molar-refractivity contribution is 5.97. The van der Waals surface area contributed by atoms with E-state index >= 15 is 0 Å². The fourth-order valence-corrected chi connectivity index (χ4v) is 3.63.